The highest BCUT2D eigenvalue weighted by atomic mass is 16.1. The largest absolute Gasteiger partial charge is 0.299 e. The van der Waals surface area contributed by atoms with Crippen LogP contribution in [0.15, 0.2) is 12.3 Å². The summed E-state index contributed by atoms with van der Waals surface area (Å²) >= 11 is 0. The third kappa shape index (κ3) is 2.28. The first-order valence-electron chi connectivity index (χ1n) is 6.71. The lowest BCUT2D eigenvalue weighted by molar-refractivity contribution is -0.119. The average Bonchev–Trinajstić information content (AvgIpc) is 2.95. The Bertz CT molecular complexity index is 424. The van der Waals surface area contributed by atoms with Gasteiger partial charge in [-0.2, -0.15) is 5.10 Å². The lowest BCUT2D eigenvalue weighted by Crippen LogP contribution is -2.16. The summed E-state index contributed by atoms with van der Waals surface area (Å²) in [5.74, 6) is 2.85. The second-order valence-corrected chi connectivity index (χ2v) is 5.84. The van der Waals surface area contributed by atoms with Crippen LogP contribution in [0.5, 0.6) is 0 Å². The molecular weight excluding hydrogens is 212 g/mol. The second-order valence-electron chi connectivity index (χ2n) is 5.84. The molecule has 0 amide bonds. The van der Waals surface area contributed by atoms with Gasteiger partial charge in [-0.3, -0.25) is 9.48 Å². The van der Waals surface area contributed by atoms with E-state index in [0.717, 1.165) is 24.0 Å². The van der Waals surface area contributed by atoms with Crippen molar-refractivity contribution in [3.05, 3.63) is 18.0 Å². The third-order valence-corrected chi connectivity index (χ3v) is 4.52. The van der Waals surface area contributed by atoms with Crippen LogP contribution in [-0.4, -0.2) is 15.6 Å². The van der Waals surface area contributed by atoms with Crippen LogP contribution in [0.25, 0.3) is 0 Å². The Morgan fingerprint density at radius 1 is 1.47 bits per heavy atom. The van der Waals surface area contributed by atoms with E-state index in [2.05, 4.69) is 5.10 Å². The normalized spacial score (nSPS) is 31.0. The summed E-state index contributed by atoms with van der Waals surface area (Å²) in [6, 6.07) is 1.94. The van der Waals surface area contributed by atoms with Gasteiger partial charge in [-0.25, -0.2) is 0 Å². The van der Waals surface area contributed by atoms with Crippen molar-refractivity contribution >= 4 is 5.78 Å². The summed E-state index contributed by atoms with van der Waals surface area (Å²) < 4.78 is 1.76. The highest BCUT2D eigenvalue weighted by Crippen LogP contribution is 2.49. The molecule has 0 spiro atoms. The Kier molecular flexibility index (Phi) is 2.77. The molecule has 3 unspecified atom stereocenters. The number of aromatic nitrogens is 2. The first-order valence-corrected chi connectivity index (χ1v) is 6.71. The van der Waals surface area contributed by atoms with E-state index in [1.807, 2.05) is 19.3 Å². The number of rotatable bonds is 4. The van der Waals surface area contributed by atoms with Crippen LogP contribution in [-0.2, 0) is 18.3 Å². The number of carbonyl (C=O) groups excluding carboxylic acids is 1. The number of aryl methyl sites for hydroxylation is 1. The fourth-order valence-electron chi connectivity index (χ4n) is 3.75. The van der Waals surface area contributed by atoms with E-state index in [1.54, 1.807) is 4.68 Å². The molecule has 0 N–H and O–H groups in total. The van der Waals surface area contributed by atoms with Gasteiger partial charge in [0, 0.05) is 19.7 Å². The molecule has 92 valence electrons. The number of hydrogen-bond acceptors (Lipinski definition) is 2. The Labute approximate surface area is 102 Å². The summed E-state index contributed by atoms with van der Waals surface area (Å²) in [6.07, 6.45) is 8.69. The highest BCUT2D eigenvalue weighted by Gasteiger charge is 2.39. The van der Waals surface area contributed by atoms with Gasteiger partial charge < -0.3 is 0 Å². The minimum atomic E-state index is 0.376. The maximum Gasteiger partial charge on any atom is 0.139 e. The summed E-state index contributed by atoms with van der Waals surface area (Å²) in [5, 5.41) is 4.27. The number of fused-ring (bicyclic) bond motifs is 2. The standard InChI is InChI=1S/C14H20N2O/c1-16-5-4-13(15-16)9-14(17)8-12-7-10-2-3-11(12)6-10/h4-5,10-12H,2-3,6-9H2,1H3. The van der Waals surface area contributed by atoms with Gasteiger partial charge in [0.2, 0.25) is 0 Å². The number of Topliss-reactive ketones (excluding diaryl/α,β-unsaturated/α-hetero) is 1. The van der Waals surface area contributed by atoms with Crippen molar-refractivity contribution in [3.8, 4) is 0 Å². The first-order chi connectivity index (χ1) is 8.20. The van der Waals surface area contributed by atoms with Crippen LogP contribution in [0, 0.1) is 17.8 Å². The molecule has 1 aromatic heterocycles. The maximum atomic E-state index is 12.0. The molecule has 0 aromatic carbocycles. The molecule has 0 radical (unpaired) electrons. The summed E-state index contributed by atoms with van der Waals surface area (Å²) in [4.78, 5) is 12.0. The predicted octanol–water partition coefficient (Wildman–Crippen LogP) is 2.36. The molecule has 2 saturated carbocycles. The van der Waals surface area contributed by atoms with Gasteiger partial charge in [-0.05, 0) is 43.1 Å². The van der Waals surface area contributed by atoms with E-state index in [0.29, 0.717) is 18.1 Å². The van der Waals surface area contributed by atoms with Crippen molar-refractivity contribution in [1.29, 1.82) is 0 Å². The number of ketones is 1. The number of nitrogens with zero attached hydrogens (tertiary/aromatic N) is 2. The minimum absolute atomic E-state index is 0.376. The zero-order valence-electron chi connectivity index (χ0n) is 10.4. The van der Waals surface area contributed by atoms with Gasteiger partial charge in [0.25, 0.3) is 0 Å². The molecule has 2 bridgehead atoms. The van der Waals surface area contributed by atoms with Crippen LogP contribution in [0.4, 0.5) is 0 Å². The summed E-state index contributed by atoms with van der Waals surface area (Å²) in [7, 11) is 1.89. The molecule has 17 heavy (non-hydrogen) atoms. The van der Waals surface area contributed by atoms with Crippen LogP contribution in [0.1, 0.15) is 37.8 Å². The smallest absolute Gasteiger partial charge is 0.139 e. The quantitative estimate of drug-likeness (QED) is 0.798. The zero-order valence-corrected chi connectivity index (χ0v) is 10.4. The van der Waals surface area contributed by atoms with E-state index in [9.17, 15) is 4.79 Å². The Hall–Kier alpha value is -1.12. The van der Waals surface area contributed by atoms with Gasteiger partial charge >= 0.3 is 0 Å². The lowest BCUT2D eigenvalue weighted by atomic mass is 9.84. The second kappa shape index (κ2) is 4.28. The van der Waals surface area contributed by atoms with Crippen molar-refractivity contribution in [2.75, 3.05) is 0 Å². The van der Waals surface area contributed by atoms with Crippen LogP contribution < -0.4 is 0 Å². The van der Waals surface area contributed by atoms with E-state index in [-0.39, 0.29) is 0 Å². The minimum Gasteiger partial charge on any atom is -0.299 e. The molecule has 2 fully saturated rings. The SMILES string of the molecule is Cn1ccc(CC(=O)CC2CC3CCC2C3)n1. The molecule has 0 saturated heterocycles. The van der Waals surface area contributed by atoms with Gasteiger partial charge in [0.05, 0.1) is 12.1 Å². The fourth-order valence-corrected chi connectivity index (χ4v) is 3.75. The predicted molar refractivity (Wildman–Crippen MR) is 65.5 cm³/mol. The van der Waals surface area contributed by atoms with Crippen molar-refractivity contribution in [2.24, 2.45) is 24.8 Å². The molecule has 3 rings (SSSR count). The molecule has 3 heteroatoms. The van der Waals surface area contributed by atoms with Gasteiger partial charge in [0.1, 0.15) is 5.78 Å². The van der Waals surface area contributed by atoms with Crippen LogP contribution in [0.2, 0.25) is 0 Å². The number of hydrogen-bond donors (Lipinski definition) is 0. The molecule has 3 nitrogen and oxygen atoms in total. The van der Waals surface area contributed by atoms with E-state index >= 15 is 0 Å². The van der Waals surface area contributed by atoms with Crippen molar-refractivity contribution in [2.45, 2.75) is 38.5 Å². The van der Waals surface area contributed by atoms with E-state index in [4.69, 9.17) is 0 Å². The average molecular weight is 232 g/mol. The highest BCUT2D eigenvalue weighted by molar-refractivity contribution is 5.80. The van der Waals surface area contributed by atoms with Crippen LogP contribution >= 0.6 is 0 Å². The number of carbonyl (C=O) groups is 1. The summed E-state index contributed by atoms with van der Waals surface area (Å²) in [6.45, 7) is 0. The Morgan fingerprint density at radius 2 is 2.35 bits per heavy atom. The van der Waals surface area contributed by atoms with Crippen molar-refractivity contribution in [3.63, 3.8) is 0 Å². The fraction of sp³-hybridized carbons (Fsp3) is 0.714. The van der Waals surface area contributed by atoms with Crippen molar-refractivity contribution in [1.82, 2.24) is 9.78 Å². The van der Waals surface area contributed by atoms with Crippen LogP contribution in [0.3, 0.4) is 0 Å². The van der Waals surface area contributed by atoms with Gasteiger partial charge in [0.15, 0.2) is 0 Å². The monoisotopic (exact) mass is 232 g/mol. The maximum absolute atomic E-state index is 12.0. The third-order valence-electron chi connectivity index (χ3n) is 4.52. The zero-order chi connectivity index (χ0) is 11.8. The molecule has 1 aromatic rings. The van der Waals surface area contributed by atoms with E-state index in [1.165, 1.54) is 25.7 Å². The van der Waals surface area contributed by atoms with Gasteiger partial charge in [-0.1, -0.05) is 6.42 Å². The topological polar surface area (TPSA) is 34.9 Å². The molecule has 1 heterocycles. The van der Waals surface area contributed by atoms with Crippen molar-refractivity contribution < 1.29 is 4.79 Å². The van der Waals surface area contributed by atoms with E-state index < -0.39 is 0 Å². The Morgan fingerprint density at radius 3 is 2.94 bits per heavy atom. The molecule has 2 aliphatic carbocycles. The molecular formula is C14H20N2O. The van der Waals surface area contributed by atoms with Gasteiger partial charge in [-0.15, -0.1) is 0 Å². The molecule has 2 aliphatic rings. The Balaban J connectivity index is 1.54. The first kappa shape index (κ1) is 11.0. The molecule has 0 aliphatic heterocycles. The summed E-state index contributed by atoms with van der Waals surface area (Å²) in [5.41, 5.74) is 0.917. The lowest BCUT2D eigenvalue weighted by Gasteiger charge is -2.20. The molecule has 3 atom stereocenters.